The molecular weight excluding hydrogens is 612 g/mol. The molecule has 0 bridgehead atoms. The first-order chi connectivity index (χ1) is 20.8. The summed E-state index contributed by atoms with van der Waals surface area (Å²) in [5.41, 5.74) is 3.59. The van der Waals surface area contributed by atoms with Crippen molar-refractivity contribution in [3.63, 3.8) is 0 Å². The molecule has 5 aromatic rings. The minimum atomic E-state index is -0.631. The van der Waals surface area contributed by atoms with Crippen LogP contribution in [0.4, 0.5) is 0 Å². The summed E-state index contributed by atoms with van der Waals surface area (Å²) in [6.07, 6.45) is 0. The second kappa shape index (κ2) is 12.9. The molecule has 0 atom stereocenters. The van der Waals surface area contributed by atoms with E-state index < -0.39 is 11.9 Å². The van der Waals surface area contributed by atoms with Gasteiger partial charge in [0.1, 0.15) is 5.69 Å². The lowest BCUT2D eigenvalue weighted by molar-refractivity contribution is 0.0584. The smallest absolute Gasteiger partial charge is 0.355 e. The molecule has 4 aromatic carbocycles. The van der Waals surface area contributed by atoms with E-state index in [9.17, 15) is 19.2 Å². The maximum Gasteiger partial charge on any atom is 0.355 e. The zero-order valence-electron chi connectivity index (χ0n) is 23.4. The van der Waals surface area contributed by atoms with E-state index in [1.54, 1.807) is 60.7 Å². The molecule has 0 saturated carbocycles. The van der Waals surface area contributed by atoms with Crippen molar-refractivity contribution in [1.29, 1.82) is 0 Å². The minimum absolute atomic E-state index is 0.0869. The highest BCUT2D eigenvalue weighted by atomic mass is 79.9. The predicted molar refractivity (Wildman–Crippen MR) is 167 cm³/mol. The highest BCUT2D eigenvalue weighted by Crippen LogP contribution is 2.33. The van der Waals surface area contributed by atoms with Crippen LogP contribution in [0.15, 0.2) is 106 Å². The number of nitrogens with zero attached hydrogens (tertiary/aromatic N) is 1. The second-order valence-corrected chi connectivity index (χ2v) is 10.6. The van der Waals surface area contributed by atoms with Gasteiger partial charge in [0.05, 0.1) is 26.3 Å². The van der Waals surface area contributed by atoms with Crippen LogP contribution >= 0.6 is 15.9 Å². The van der Waals surface area contributed by atoms with Crippen LogP contribution in [0.1, 0.15) is 42.3 Å². The van der Waals surface area contributed by atoms with Gasteiger partial charge in [0.25, 0.3) is 11.5 Å². The summed E-state index contributed by atoms with van der Waals surface area (Å²) in [7, 11) is 2.61. The Morgan fingerprint density at radius 3 is 2.02 bits per heavy atom. The van der Waals surface area contributed by atoms with Crippen LogP contribution in [0.2, 0.25) is 0 Å². The van der Waals surface area contributed by atoms with Crippen molar-refractivity contribution in [1.82, 2.24) is 9.88 Å². The topological polar surface area (TPSA) is 104 Å². The van der Waals surface area contributed by atoms with Crippen molar-refractivity contribution in [3.05, 3.63) is 140 Å². The van der Waals surface area contributed by atoms with E-state index in [4.69, 9.17) is 9.47 Å². The number of fused-ring (bicyclic) bond motifs is 1. The fraction of sp³-hybridized carbons (Fsp3) is 0.118. The highest BCUT2D eigenvalue weighted by Gasteiger charge is 2.24. The molecule has 0 aliphatic carbocycles. The van der Waals surface area contributed by atoms with Crippen molar-refractivity contribution in [2.75, 3.05) is 14.2 Å². The third-order valence-electron chi connectivity index (χ3n) is 7.06. The third-order valence-corrected chi connectivity index (χ3v) is 7.55. The lowest BCUT2D eigenvalue weighted by Gasteiger charge is -2.19. The average Bonchev–Trinajstić information content (AvgIpc) is 3.04. The number of benzene rings is 4. The Morgan fingerprint density at radius 2 is 1.37 bits per heavy atom. The molecule has 1 amide bonds. The zero-order valence-corrected chi connectivity index (χ0v) is 25.0. The number of amides is 1. The van der Waals surface area contributed by atoms with Gasteiger partial charge in [-0.15, -0.1) is 0 Å². The Labute approximate surface area is 256 Å². The number of hydrogen-bond acceptors (Lipinski definition) is 6. The van der Waals surface area contributed by atoms with E-state index in [0.717, 1.165) is 21.2 Å². The van der Waals surface area contributed by atoms with E-state index in [1.165, 1.54) is 18.8 Å². The van der Waals surface area contributed by atoms with Crippen LogP contribution in [0, 0.1) is 0 Å². The molecule has 43 heavy (non-hydrogen) atoms. The first kappa shape index (κ1) is 29.5. The van der Waals surface area contributed by atoms with Crippen molar-refractivity contribution >= 4 is 44.5 Å². The monoisotopic (exact) mass is 638 g/mol. The van der Waals surface area contributed by atoms with Crippen LogP contribution < -0.4 is 10.9 Å². The van der Waals surface area contributed by atoms with E-state index in [-0.39, 0.29) is 30.2 Å². The van der Waals surface area contributed by atoms with E-state index in [2.05, 4.69) is 21.2 Å². The SMILES string of the molecule is COC(=O)c1ccc(CNC(=O)c2ccc(Cn3c(C(=O)OC)c(-c4ccccc4)c4cc(Br)ccc4c3=O)cc2)cc1. The summed E-state index contributed by atoms with van der Waals surface area (Å²) in [6, 6.07) is 28.4. The molecule has 216 valence electrons. The first-order valence-electron chi connectivity index (χ1n) is 13.3. The largest absolute Gasteiger partial charge is 0.465 e. The molecule has 0 spiro atoms. The van der Waals surface area contributed by atoms with Gasteiger partial charge >= 0.3 is 11.9 Å². The minimum Gasteiger partial charge on any atom is -0.465 e. The quantitative estimate of drug-likeness (QED) is 0.210. The maximum atomic E-state index is 13.8. The Morgan fingerprint density at radius 1 is 0.744 bits per heavy atom. The summed E-state index contributed by atoms with van der Waals surface area (Å²) in [6.45, 7) is 0.360. The molecule has 0 saturated heterocycles. The van der Waals surface area contributed by atoms with Crippen LogP contribution in [0.5, 0.6) is 0 Å². The van der Waals surface area contributed by atoms with Crippen molar-refractivity contribution < 1.29 is 23.9 Å². The fourth-order valence-corrected chi connectivity index (χ4v) is 5.24. The standard InChI is InChI=1S/C34H27BrN2O6/c1-42-33(40)25-14-8-21(9-15-25)19-36-31(38)24-12-10-22(11-13-24)20-37-30(34(41)43-2)29(23-6-4-3-5-7-23)28-18-26(35)16-17-27(28)32(37)39/h3-18H,19-20H2,1-2H3,(H,36,38). The molecule has 5 rings (SSSR count). The number of methoxy groups -OCH3 is 2. The van der Waals surface area contributed by atoms with Gasteiger partial charge in [-0.3, -0.25) is 14.2 Å². The number of halogens is 1. The molecule has 1 N–H and O–H groups in total. The highest BCUT2D eigenvalue weighted by molar-refractivity contribution is 9.10. The van der Waals surface area contributed by atoms with Crippen molar-refractivity contribution in [2.24, 2.45) is 0 Å². The molecule has 0 aliphatic heterocycles. The number of esters is 2. The Kier molecular flexibility index (Phi) is 8.82. The van der Waals surface area contributed by atoms with Gasteiger partial charge in [0, 0.05) is 27.5 Å². The summed E-state index contributed by atoms with van der Waals surface area (Å²) in [5.74, 6) is -1.34. The van der Waals surface area contributed by atoms with Crippen LogP contribution in [0.3, 0.4) is 0 Å². The fourth-order valence-electron chi connectivity index (χ4n) is 4.88. The van der Waals surface area contributed by atoms with Gasteiger partial charge in [-0.25, -0.2) is 9.59 Å². The molecule has 9 heteroatoms. The molecule has 0 fully saturated rings. The number of carbonyl (C=O) groups excluding carboxylic acids is 3. The Bertz CT molecular complexity index is 1880. The molecule has 0 radical (unpaired) electrons. The molecule has 1 heterocycles. The molecule has 0 unspecified atom stereocenters. The van der Waals surface area contributed by atoms with Crippen molar-refractivity contribution in [2.45, 2.75) is 13.1 Å². The van der Waals surface area contributed by atoms with Crippen molar-refractivity contribution in [3.8, 4) is 11.1 Å². The normalized spacial score (nSPS) is 10.8. The van der Waals surface area contributed by atoms with Gasteiger partial charge in [0.2, 0.25) is 0 Å². The number of rotatable bonds is 8. The summed E-state index contributed by atoms with van der Waals surface area (Å²) >= 11 is 3.49. The summed E-state index contributed by atoms with van der Waals surface area (Å²) in [5, 5.41) is 3.96. The second-order valence-electron chi connectivity index (χ2n) is 9.73. The summed E-state index contributed by atoms with van der Waals surface area (Å²) < 4.78 is 12.1. The molecule has 0 aliphatic rings. The average molecular weight is 640 g/mol. The molecular formula is C34H27BrN2O6. The zero-order chi connectivity index (χ0) is 30.5. The number of hydrogen-bond donors (Lipinski definition) is 1. The van der Waals surface area contributed by atoms with Crippen LogP contribution in [-0.4, -0.2) is 36.6 Å². The van der Waals surface area contributed by atoms with Crippen LogP contribution in [0.25, 0.3) is 21.9 Å². The van der Waals surface area contributed by atoms with Crippen LogP contribution in [-0.2, 0) is 22.6 Å². The van der Waals surface area contributed by atoms with E-state index in [1.807, 2.05) is 36.4 Å². The van der Waals surface area contributed by atoms with E-state index >= 15 is 0 Å². The van der Waals surface area contributed by atoms with Gasteiger partial charge in [-0.2, -0.15) is 0 Å². The number of pyridine rings is 1. The Balaban J connectivity index is 1.45. The first-order valence-corrected chi connectivity index (χ1v) is 14.1. The van der Waals surface area contributed by atoms with Gasteiger partial charge in [-0.05, 0) is 64.5 Å². The lowest BCUT2D eigenvalue weighted by atomic mass is 9.96. The maximum absolute atomic E-state index is 13.8. The van der Waals surface area contributed by atoms with E-state index in [0.29, 0.717) is 27.5 Å². The summed E-state index contributed by atoms with van der Waals surface area (Å²) in [4.78, 5) is 51.5. The number of nitrogens with one attached hydrogen (secondary N) is 1. The lowest BCUT2D eigenvalue weighted by Crippen LogP contribution is -2.28. The predicted octanol–water partition coefficient (Wildman–Crippen LogP) is 5.98. The number of carbonyl (C=O) groups is 3. The van der Waals surface area contributed by atoms with Gasteiger partial charge in [-0.1, -0.05) is 70.5 Å². The number of ether oxygens (including phenoxy) is 2. The Hall–Kier alpha value is -5.02. The molecule has 8 nitrogen and oxygen atoms in total. The van der Waals surface area contributed by atoms with Gasteiger partial charge < -0.3 is 14.8 Å². The molecule has 1 aromatic heterocycles. The third kappa shape index (κ3) is 6.27. The number of aromatic nitrogens is 1. The van der Waals surface area contributed by atoms with Gasteiger partial charge in [0.15, 0.2) is 0 Å².